The van der Waals surface area contributed by atoms with Gasteiger partial charge in [0, 0.05) is 11.3 Å². The van der Waals surface area contributed by atoms with E-state index in [9.17, 15) is 18.0 Å². The fourth-order valence-corrected chi connectivity index (χ4v) is 2.74. The van der Waals surface area contributed by atoms with Crippen molar-refractivity contribution in [2.75, 3.05) is 5.32 Å². The summed E-state index contributed by atoms with van der Waals surface area (Å²) in [6.45, 7) is 0. The van der Waals surface area contributed by atoms with Crippen molar-refractivity contribution in [3.05, 3.63) is 64.2 Å². The van der Waals surface area contributed by atoms with E-state index in [-0.39, 0.29) is 17.2 Å². The Morgan fingerprint density at radius 3 is 2.73 bits per heavy atom. The number of ketones is 1. The second kappa shape index (κ2) is 5.49. The molecule has 1 aliphatic heterocycles. The molecule has 22 heavy (non-hydrogen) atoms. The van der Waals surface area contributed by atoms with Crippen molar-refractivity contribution in [1.29, 1.82) is 0 Å². The maximum Gasteiger partial charge on any atom is 0.416 e. The summed E-state index contributed by atoms with van der Waals surface area (Å²) in [6, 6.07) is 6.44. The summed E-state index contributed by atoms with van der Waals surface area (Å²) in [5, 5.41) is 6.30. The molecule has 3 nitrogen and oxygen atoms in total. The van der Waals surface area contributed by atoms with Crippen molar-refractivity contribution in [2.45, 2.75) is 12.3 Å². The lowest BCUT2D eigenvalue weighted by atomic mass is 10.1. The van der Waals surface area contributed by atoms with E-state index in [1.54, 1.807) is 11.4 Å². The number of hydrogen-bond acceptors (Lipinski definition) is 4. The van der Waals surface area contributed by atoms with Gasteiger partial charge in [-0.25, -0.2) is 0 Å². The quantitative estimate of drug-likeness (QED) is 0.911. The van der Waals surface area contributed by atoms with E-state index in [2.05, 4.69) is 5.32 Å². The Labute approximate surface area is 128 Å². The largest absolute Gasteiger partial charge is 0.483 e. The van der Waals surface area contributed by atoms with Gasteiger partial charge in [0.1, 0.15) is 12.0 Å². The van der Waals surface area contributed by atoms with Crippen molar-refractivity contribution in [3.63, 3.8) is 0 Å². The summed E-state index contributed by atoms with van der Waals surface area (Å²) in [7, 11) is 0. The van der Waals surface area contributed by atoms with Crippen LogP contribution in [0.1, 0.15) is 17.2 Å². The lowest BCUT2D eigenvalue weighted by Crippen LogP contribution is -2.14. The number of thiophene rings is 1. The second-order valence-electron chi connectivity index (χ2n) is 4.67. The third kappa shape index (κ3) is 2.85. The Kier molecular flexibility index (Phi) is 3.66. The molecule has 0 saturated carbocycles. The van der Waals surface area contributed by atoms with Crippen LogP contribution in [0.2, 0.25) is 0 Å². The number of hydrogen-bond donors (Lipinski definition) is 1. The van der Waals surface area contributed by atoms with Gasteiger partial charge in [0.25, 0.3) is 0 Å². The average molecular weight is 325 g/mol. The van der Waals surface area contributed by atoms with Gasteiger partial charge in [0.2, 0.25) is 5.78 Å². The summed E-state index contributed by atoms with van der Waals surface area (Å²) in [4.78, 5) is 12.2. The van der Waals surface area contributed by atoms with E-state index in [1.165, 1.54) is 29.7 Å². The smallest absolute Gasteiger partial charge is 0.416 e. The van der Waals surface area contributed by atoms with Crippen LogP contribution < -0.4 is 5.32 Å². The lowest BCUT2D eigenvalue weighted by Gasteiger charge is -2.10. The molecule has 0 saturated heterocycles. The molecule has 1 aromatic carbocycles. The van der Waals surface area contributed by atoms with Crippen LogP contribution in [0, 0.1) is 0 Å². The van der Waals surface area contributed by atoms with Gasteiger partial charge in [-0.1, -0.05) is 6.07 Å². The number of carbonyl (C=O) groups is 1. The van der Waals surface area contributed by atoms with Crippen molar-refractivity contribution < 1.29 is 22.7 Å². The van der Waals surface area contributed by atoms with E-state index in [0.717, 1.165) is 17.7 Å². The predicted molar refractivity (Wildman–Crippen MR) is 76.3 cm³/mol. The number of carbonyl (C=O) groups excluding carboxylic acids is 1. The first-order chi connectivity index (χ1) is 10.4. The molecule has 7 heteroatoms. The topological polar surface area (TPSA) is 38.3 Å². The van der Waals surface area contributed by atoms with E-state index < -0.39 is 17.8 Å². The monoisotopic (exact) mass is 325 g/mol. The first-order valence-corrected chi connectivity index (χ1v) is 7.25. The molecule has 0 radical (unpaired) electrons. The SMILES string of the molecule is O=C1C(Nc2cccc(C(F)(F)F)c2)=COC1c1ccsc1. The summed E-state index contributed by atoms with van der Waals surface area (Å²) in [5.74, 6) is -0.309. The van der Waals surface area contributed by atoms with Gasteiger partial charge in [0.15, 0.2) is 6.10 Å². The van der Waals surface area contributed by atoms with E-state index in [0.29, 0.717) is 0 Å². The van der Waals surface area contributed by atoms with E-state index in [4.69, 9.17) is 4.74 Å². The van der Waals surface area contributed by atoms with Crippen LogP contribution in [0.15, 0.2) is 53.1 Å². The van der Waals surface area contributed by atoms with Crippen molar-refractivity contribution in [1.82, 2.24) is 0 Å². The van der Waals surface area contributed by atoms with Crippen LogP contribution in [0.4, 0.5) is 18.9 Å². The molecule has 1 unspecified atom stereocenters. The maximum absolute atomic E-state index is 12.7. The summed E-state index contributed by atoms with van der Waals surface area (Å²) >= 11 is 1.44. The number of alkyl halides is 3. The molecule has 2 aromatic rings. The van der Waals surface area contributed by atoms with Gasteiger partial charge < -0.3 is 10.1 Å². The van der Waals surface area contributed by atoms with Crippen LogP contribution >= 0.6 is 11.3 Å². The highest BCUT2D eigenvalue weighted by Crippen LogP contribution is 2.33. The Balaban J connectivity index is 1.76. The average Bonchev–Trinajstić information content (AvgIpc) is 3.09. The molecule has 1 aromatic heterocycles. The molecule has 1 aliphatic rings. The molecule has 0 spiro atoms. The van der Waals surface area contributed by atoms with Gasteiger partial charge >= 0.3 is 6.18 Å². The minimum atomic E-state index is -4.43. The summed E-state index contributed by atoms with van der Waals surface area (Å²) in [5.41, 5.74) is 0.269. The minimum absolute atomic E-state index is 0.135. The van der Waals surface area contributed by atoms with Crippen molar-refractivity contribution >= 4 is 22.8 Å². The highest BCUT2D eigenvalue weighted by atomic mass is 32.1. The van der Waals surface area contributed by atoms with Crippen molar-refractivity contribution in [3.8, 4) is 0 Å². The zero-order chi connectivity index (χ0) is 15.7. The van der Waals surface area contributed by atoms with Gasteiger partial charge in [-0.2, -0.15) is 24.5 Å². The molecule has 0 fully saturated rings. The van der Waals surface area contributed by atoms with Crippen LogP contribution in [0.3, 0.4) is 0 Å². The normalized spacial score (nSPS) is 18.0. The first-order valence-electron chi connectivity index (χ1n) is 6.31. The summed E-state index contributed by atoms with van der Waals surface area (Å²) < 4.78 is 43.3. The van der Waals surface area contributed by atoms with Gasteiger partial charge in [-0.05, 0) is 35.0 Å². The molecule has 114 valence electrons. The lowest BCUT2D eigenvalue weighted by molar-refractivity contribution is -0.137. The third-order valence-corrected chi connectivity index (χ3v) is 3.84. The Morgan fingerprint density at radius 2 is 2.05 bits per heavy atom. The van der Waals surface area contributed by atoms with E-state index in [1.807, 2.05) is 5.38 Å². The maximum atomic E-state index is 12.7. The van der Waals surface area contributed by atoms with Gasteiger partial charge in [0.05, 0.1) is 5.56 Å². The molecule has 1 N–H and O–H groups in total. The second-order valence-corrected chi connectivity index (χ2v) is 5.45. The number of Topliss-reactive ketones (excluding diaryl/α,β-unsaturated/α-hetero) is 1. The Bertz CT molecular complexity index is 723. The zero-order valence-corrected chi connectivity index (χ0v) is 11.9. The number of ether oxygens (including phenoxy) is 1. The molecule has 3 rings (SSSR count). The summed E-state index contributed by atoms with van der Waals surface area (Å²) in [6.07, 6.45) is -3.92. The van der Waals surface area contributed by atoms with Crippen LogP contribution in [0.5, 0.6) is 0 Å². The zero-order valence-electron chi connectivity index (χ0n) is 11.1. The fourth-order valence-electron chi connectivity index (χ4n) is 2.07. The number of anilines is 1. The van der Waals surface area contributed by atoms with Crippen molar-refractivity contribution in [2.24, 2.45) is 0 Å². The van der Waals surface area contributed by atoms with Gasteiger partial charge in [-0.15, -0.1) is 0 Å². The molecule has 0 aliphatic carbocycles. The molecule has 0 amide bonds. The number of nitrogens with one attached hydrogen (secondary N) is 1. The molecule has 2 heterocycles. The highest BCUT2D eigenvalue weighted by molar-refractivity contribution is 7.08. The minimum Gasteiger partial charge on any atom is -0.483 e. The standard InChI is InChI=1S/C15H10F3NO2S/c16-15(17,18)10-2-1-3-11(6-10)19-12-7-21-14(13(12)20)9-4-5-22-8-9/h1-8,14,19H. The molecular formula is C15H10F3NO2S. The fraction of sp³-hybridized carbons (Fsp3) is 0.133. The number of halogens is 3. The first kappa shape index (κ1) is 14.6. The third-order valence-electron chi connectivity index (χ3n) is 3.14. The van der Waals surface area contributed by atoms with E-state index >= 15 is 0 Å². The van der Waals surface area contributed by atoms with Crippen LogP contribution in [-0.4, -0.2) is 5.78 Å². The van der Waals surface area contributed by atoms with Crippen LogP contribution in [-0.2, 0) is 15.7 Å². The molecular weight excluding hydrogens is 315 g/mol. The molecule has 1 atom stereocenters. The number of benzene rings is 1. The Hall–Kier alpha value is -2.28. The predicted octanol–water partition coefficient (Wildman–Crippen LogP) is 4.36. The van der Waals surface area contributed by atoms with Crippen LogP contribution in [0.25, 0.3) is 0 Å². The molecule has 0 bridgehead atoms. The number of rotatable bonds is 3. The highest BCUT2D eigenvalue weighted by Gasteiger charge is 2.33. The Morgan fingerprint density at radius 1 is 1.23 bits per heavy atom. The van der Waals surface area contributed by atoms with Gasteiger partial charge in [-0.3, -0.25) is 4.79 Å².